The fourth-order valence-electron chi connectivity index (χ4n) is 4.88. The number of rotatable bonds is 20. The topological polar surface area (TPSA) is 61.8 Å². The van der Waals surface area contributed by atoms with Crippen LogP contribution in [0.2, 0.25) is 0 Å². The van der Waals surface area contributed by atoms with Gasteiger partial charge in [0.1, 0.15) is 11.8 Å². The van der Waals surface area contributed by atoms with Gasteiger partial charge in [-0.3, -0.25) is 9.59 Å². The average Bonchev–Trinajstić information content (AvgIpc) is 3.43. The van der Waals surface area contributed by atoms with Gasteiger partial charge in [0.15, 0.2) is 0 Å². The molecule has 0 aromatic rings. The number of carbonyl (C=O) groups excluding carboxylic acids is 2. The Balaban J connectivity index is 1.60. The zero-order valence-corrected chi connectivity index (χ0v) is 21.2. The zero-order chi connectivity index (χ0) is 23.7. The fourth-order valence-corrected chi connectivity index (χ4v) is 4.88. The Morgan fingerprint density at radius 2 is 0.909 bits per heavy atom. The lowest BCUT2D eigenvalue weighted by molar-refractivity contribution is -0.160. The molecule has 33 heavy (non-hydrogen) atoms. The Morgan fingerprint density at radius 3 is 1.27 bits per heavy atom. The number of unbranched alkanes of at least 4 members (excludes halogenated alkanes) is 14. The predicted octanol–water partition coefficient (Wildman–Crippen LogP) is 6.92. The molecule has 2 heterocycles. The third-order valence-corrected chi connectivity index (χ3v) is 6.93. The van der Waals surface area contributed by atoms with Crippen molar-refractivity contribution in [2.75, 3.05) is 13.2 Å². The van der Waals surface area contributed by atoms with Crippen molar-refractivity contribution >= 4 is 11.9 Å². The molecule has 0 amide bonds. The summed E-state index contributed by atoms with van der Waals surface area (Å²) in [6.07, 6.45) is 22.3. The summed E-state index contributed by atoms with van der Waals surface area (Å²) in [6.45, 7) is 5.30. The first kappa shape index (κ1) is 27.9. The molecule has 0 spiro atoms. The monoisotopic (exact) mass is 464 g/mol. The van der Waals surface area contributed by atoms with E-state index in [9.17, 15) is 9.59 Å². The molecule has 2 aliphatic heterocycles. The van der Waals surface area contributed by atoms with Crippen molar-refractivity contribution in [3.05, 3.63) is 12.2 Å². The van der Waals surface area contributed by atoms with E-state index in [1.54, 1.807) is 0 Å². The molecule has 4 unspecified atom stereocenters. The lowest BCUT2D eigenvalue weighted by atomic mass is 9.83. The van der Waals surface area contributed by atoms with E-state index < -0.39 is 11.8 Å². The van der Waals surface area contributed by atoms with Crippen molar-refractivity contribution in [2.45, 2.75) is 129 Å². The first-order valence-corrected chi connectivity index (χ1v) is 13.9. The van der Waals surface area contributed by atoms with E-state index in [1.165, 1.54) is 77.0 Å². The molecule has 2 aliphatic rings. The minimum absolute atomic E-state index is 0.316. The molecule has 190 valence electrons. The van der Waals surface area contributed by atoms with Crippen LogP contribution >= 0.6 is 0 Å². The zero-order valence-electron chi connectivity index (χ0n) is 21.2. The summed E-state index contributed by atoms with van der Waals surface area (Å²) in [5.41, 5.74) is 0. The number of carbonyl (C=O) groups is 2. The van der Waals surface area contributed by atoms with Gasteiger partial charge in [0.05, 0.1) is 25.4 Å². The molecule has 4 atom stereocenters. The number of ether oxygens (including phenoxy) is 3. The largest absolute Gasteiger partial charge is 0.465 e. The highest BCUT2D eigenvalue weighted by Gasteiger charge is 2.54. The van der Waals surface area contributed by atoms with Gasteiger partial charge in [0.25, 0.3) is 0 Å². The van der Waals surface area contributed by atoms with E-state index in [-0.39, 0.29) is 24.1 Å². The van der Waals surface area contributed by atoms with E-state index in [2.05, 4.69) is 13.8 Å². The summed E-state index contributed by atoms with van der Waals surface area (Å²) >= 11 is 0. The van der Waals surface area contributed by atoms with E-state index in [0.29, 0.717) is 13.2 Å². The van der Waals surface area contributed by atoms with Crippen LogP contribution in [0.3, 0.4) is 0 Å². The highest BCUT2D eigenvalue weighted by Crippen LogP contribution is 2.40. The van der Waals surface area contributed by atoms with Gasteiger partial charge in [-0.15, -0.1) is 0 Å². The normalized spacial score (nSPS) is 23.2. The quantitative estimate of drug-likeness (QED) is 0.111. The van der Waals surface area contributed by atoms with Gasteiger partial charge in [0, 0.05) is 0 Å². The van der Waals surface area contributed by atoms with Crippen LogP contribution in [-0.2, 0) is 23.8 Å². The SMILES string of the molecule is CCCCCCCCCCOC(=O)C1C2C=CC(O2)C1C(=O)OCCCCCCCCCC. The second-order valence-corrected chi connectivity index (χ2v) is 9.79. The molecule has 1 saturated heterocycles. The minimum Gasteiger partial charge on any atom is -0.465 e. The van der Waals surface area contributed by atoms with Crippen LogP contribution in [-0.4, -0.2) is 37.4 Å². The lowest BCUT2D eigenvalue weighted by Crippen LogP contribution is -2.38. The number of hydrogen-bond acceptors (Lipinski definition) is 5. The van der Waals surface area contributed by atoms with Crippen molar-refractivity contribution in [3.63, 3.8) is 0 Å². The van der Waals surface area contributed by atoms with Crippen LogP contribution in [0.4, 0.5) is 0 Å². The molecule has 5 nitrogen and oxygen atoms in total. The Morgan fingerprint density at radius 1 is 0.576 bits per heavy atom. The highest BCUT2D eigenvalue weighted by molar-refractivity contribution is 5.85. The Kier molecular flexibility index (Phi) is 14.5. The molecule has 0 aromatic heterocycles. The van der Waals surface area contributed by atoms with Crippen LogP contribution in [0, 0.1) is 11.8 Å². The Labute approximate surface area is 202 Å². The summed E-state index contributed by atoms with van der Waals surface area (Å²) < 4.78 is 16.9. The second-order valence-electron chi connectivity index (χ2n) is 9.79. The maximum Gasteiger partial charge on any atom is 0.312 e. The summed E-state index contributed by atoms with van der Waals surface area (Å²) in [6, 6.07) is 0. The maximum absolute atomic E-state index is 12.7. The van der Waals surface area contributed by atoms with E-state index in [0.717, 1.165) is 25.7 Å². The van der Waals surface area contributed by atoms with Crippen LogP contribution in [0.1, 0.15) is 117 Å². The van der Waals surface area contributed by atoms with Crippen molar-refractivity contribution in [3.8, 4) is 0 Å². The fraction of sp³-hybridized carbons (Fsp3) is 0.857. The Bertz CT molecular complexity index is 525. The van der Waals surface area contributed by atoms with E-state index >= 15 is 0 Å². The summed E-state index contributed by atoms with van der Waals surface area (Å²) in [5, 5.41) is 0. The molecule has 1 fully saturated rings. The summed E-state index contributed by atoms with van der Waals surface area (Å²) in [7, 11) is 0. The number of hydrogen-bond donors (Lipinski definition) is 0. The highest BCUT2D eigenvalue weighted by atomic mass is 16.6. The molecule has 5 heteroatoms. The first-order valence-electron chi connectivity index (χ1n) is 13.9. The van der Waals surface area contributed by atoms with E-state index in [1.807, 2.05) is 12.2 Å². The second kappa shape index (κ2) is 17.1. The van der Waals surface area contributed by atoms with Crippen LogP contribution in [0.15, 0.2) is 12.2 Å². The number of fused-ring (bicyclic) bond motifs is 2. The molecule has 0 saturated carbocycles. The smallest absolute Gasteiger partial charge is 0.312 e. The van der Waals surface area contributed by atoms with Gasteiger partial charge in [-0.05, 0) is 12.8 Å². The lowest BCUT2D eigenvalue weighted by Gasteiger charge is -2.22. The van der Waals surface area contributed by atoms with E-state index in [4.69, 9.17) is 14.2 Å². The molecule has 2 rings (SSSR count). The minimum atomic E-state index is -0.569. The predicted molar refractivity (Wildman–Crippen MR) is 132 cm³/mol. The third kappa shape index (κ3) is 10.2. The van der Waals surface area contributed by atoms with Crippen LogP contribution in [0.5, 0.6) is 0 Å². The first-order chi connectivity index (χ1) is 16.2. The van der Waals surface area contributed by atoms with Crippen molar-refractivity contribution in [1.82, 2.24) is 0 Å². The molecule has 0 aliphatic carbocycles. The molecule has 0 N–H and O–H groups in total. The van der Waals surface area contributed by atoms with Gasteiger partial charge < -0.3 is 14.2 Å². The maximum atomic E-state index is 12.7. The van der Waals surface area contributed by atoms with Crippen LogP contribution < -0.4 is 0 Å². The summed E-state index contributed by atoms with van der Waals surface area (Å²) in [5.74, 6) is -1.77. The standard InChI is InChI=1S/C28H48O5/c1-3-5-7-9-11-13-15-17-21-31-27(29)25-23-19-20-24(33-23)26(25)28(30)32-22-18-16-14-12-10-8-6-4-2/h19-20,23-26H,3-18,21-22H2,1-2H3. The molecular weight excluding hydrogens is 416 g/mol. The van der Waals surface area contributed by atoms with Gasteiger partial charge >= 0.3 is 11.9 Å². The summed E-state index contributed by atoms with van der Waals surface area (Å²) in [4.78, 5) is 25.5. The molecule has 0 aromatic carbocycles. The van der Waals surface area contributed by atoms with Gasteiger partial charge in [-0.2, -0.15) is 0 Å². The third-order valence-electron chi connectivity index (χ3n) is 6.93. The molecular formula is C28H48O5. The van der Waals surface area contributed by atoms with Gasteiger partial charge in [-0.25, -0.2) is 0 Å². The van der Waals surface area contributed by atoms with Crippen molar-refractivity contribution < 1.29 is 23.8 Å². The van der Waals surface area contributed by atoms with Gasteiger partial charge in [0.2, 0.25) is 0 Å². The van der Waals surface area contributed by atoms with Crippen molar-refractivity contribution in [2.24, 2.45) is 11.8 Å². The van der Waals surface area contributed by atoms with Crippen LogP contribution in [0.25, 0.3) is 0 Å². The van der Waals surface area contributed by atoms with Crippen molar-refractivity contribution in [1.29, 1.82) is 0 Å². The molecule has 0 radical (unpaired) electrons. The average molecular weight is 465 g/mol. The Hall–Kier alpha value is -1.36. The van der Waals surface area contributed by atoms with Gasteiger partial charge in [-0.1, -0.05) is 116 Å². The molecule has 2 bridgehead atoms. The number of esters is 2.